The van der Waals surface area contributed by atoms with Crippen LogP contribution in [0.25, 0.3) is 0 Å². The number of hydrogen-bond acceptors (Lipinski definition) is 9. The Balaban J connectivity index is 4.78. The molecule has 59 heavy (non-hydrogen) atoms. The minimum Gasteiger partial charge on any atom is -0.774 e. The highest BCUT2D eigenvalue weighted by molar-refractivity contribution is 7.51. The molecule has 0 aliphatic carbocycles. The van der Waals surface area contributed by atoms with Crippen LogP contribution in [-0.2, 0) is 28.2 Å². The summed E-state index contributed by atoms with van der Waals surface area (Å²) in [6.45, 7) is 5.87. The molecule has 0 saturated heterocycles. The van der Waals surface area contributed by atoms with Crippen LogP contribution in [0, 0.1) is 0 Å². The summed E-state index contributed by atoms with van der Waals surface area (Å²) < 4.78 is 30.3. The molecule has 0 heterocycles. The van der Waals surface area contributed by atoms with Crippen LogP contribution in [-0.4, -0.2) is 78.7 Å². The van der Waals surface area contributed by atoms with E-state index >= 15 is 0 Å². The van der Waals surface area contributed by atoms with Crippen LogP contribution in [0.15, 0.2) is 12.2 Å². The van der Waals surface area contributed by atoms with E-state index in [9.17, 15) is 29.3 Å². The van der Waals surface area contributed by atoms with Crippen molar-refractivity contribution in [2.45, 2.75) is 251 Å². The summed E-state index contributed by atoms with van der Waals surface area (Å²) in [5, 5.41) is 18.8. The van der Waals surface area contributed by atoms with Crippen molar-refractivity contribution in [3.63, 3.8) is 0 Å². The number of carbonyl (C=O) groups excluding carboxylic acids is 2. The minimum atomic E-state index is -4.52. The lowest BCUT2D eigenvalue weighted by Crippen LogP contribution is -2.51. The van der Waals surface area contributed by atoms with Crippen molar-refractivity contribution >= 4 is 19.5 Å². The number of rotatable bonds is 44. The molecule has 350 valence electrons. The first kappa shape index (κ1) is 57.7. The zero-order valence-corrected chi connectivity index (χ0v) is 39.9. The monoisotopic (exact) mass is 860 g/mol. The van der Waals surface area contributed by atoms with Crippen LogP contribution in [0.2, 0.25) is 0 Å². The maximum atomic E-state index is 13.5. The fourth-order valence-corrected chi connectivity index (χ4v) is 9.62. The van der Waals surface area contributed by atoms with Crippen molar-refractivity contribution < 1.29 is 47.7 Å². The van der Waals surface area contributed by atoms with Crippen molar-refractivity contribution in [3.8, 4) is 0 Å². The Morgan fingerprint density at radius 2 is 0.983 bits per heavy atom. The molecule has 0 radical (unpaired) electrons. The molecule has 3 atom stereocenters. The zero-order chi connectivity index (χ0) is 43.9. The van der Waals surface area contributed by atoms with Crippen molar-refractivity contribution in [2.75, 3.05) is 33.9 Å². The van der Waals surface area contributed by atoms with Gasteiger partial charge in [-0.15, -0.1) is 0 Å². The van der Waals surface area contributed by atoms with Gasteiger partial charge in [0.1, 0.15) is 6.61 Å². The summed E-state index contributed by atoms with van der Waals surface area (Å²) >= 11 is 0. The number of carbonyl (C=O) groups is 2. The Hall–Kier alpha value is -1.29. The first-order valence-electron chi connectivity index (χ1n) is 24.5. The van der Waals surface area contributed by atoms with Crippen molar-refractivity contribution in [1.82, 2.24) is 0 Å². The normalized spacial score (nSPS) is 14.2. The van der Waals surface area contributed by atoms with E-state index in [1.807, 2.05) is 6.92 Å². The number of aliphatic hydroxyl groups excluding tert-OH is 1. The highest BCUT2D eigenvalue weighted by Crippen LogP contribution is 2.48. The van der Waals surface area contributed by atoms with Gasteiger partial charge >= 0.3 is 11.9 Å². The zero-order valence-electron chi connectivity index (χ0n) is 39.0. The van der Waals surface area contributed by atoms with E-state index < -0.39 is 44.3 Å². The number of esters is 2. The van der Waals surface area contributed by atoms with E-state index in [1.54, 1.807) is 14.1 Å². The second-order valence-corrected chi connectivity index (χ2v) is 19.6. The highest BCUT2D eigenvalue weighted by Gasteiger charge is 2.38. The molecule has 2 unspecified atom stereocenters. The van der Waals surface area contributed by atoms with Gasteiger partial charge in [0.05, 0.1) is 27.2 Å². The SMILES string of the molecule is CCCCCCCC/C=C\CCCCCCCC(=O)O[C@H](COC(=O)CCCCCCCCCCCCCCCCC)COP(=O)([O-])C(CCC)[N+](C)(C)CCC(O)O. The smallest absolute Gasteiger partial charge is 0.306 e. The van der Waals surface area contributed by atoms with E-state index in [-0.39, 0.29) is 36.9 Å². The number of ether oxygens (including phenoxy) is 2. The molecule has 0 fully saturated rings. The number of quaternary nitrogens is 1. The van der Waals surface area contributed by atoms with Crippen molar-refractivity contribution in [3.05, 3.63) is 12.2 Å². The van der Waals surface area contributed by atoms with Crippen LogP contribution in [0.1, 0.15) is 233 Å². The van der Waals surface area contributed by atoms with Gasteiger partial charge in [-0.1, -0.05) is 174 Å². The Morgan fingerprint density at radius 3 is 1.41 bits per heavy atom. The van der Waals surface area contributed by atoms with E-state index in [1.165, 1.54) is 116 Å². The van der Waals surface area contributed by atoms with Gasteiger partial charge in [0.15, 0.2) is 25.8 Å². The van der Waals surface area contributed by atoms with Gasteiger partial charge < -0.3 is 38.2 Å². The van der Waals surface area contributed by atoms with Crippen LogP contribution < -0.4 is 4.89 Å². The van der Waals surface area contributed by atoms with Crippen molar-refractivity contribution in [2.24, 2.45) is 0 Å². The predicted molar refractivity (Wildman–Crippen MR) is 242 cm³/mol. The molecule has 0 aliphatic heterocycles. The Labute approximate surface area is 363 Å². The summed E-state index contributed by atoms with van der Waals surface area (Å²) in [6.07, 6.45) is 36.9. The quantitative estimate of drug-likeness (QED) is 0.0153. The Kier molecular flexibility index (Phi) is 38.7. The number of hydrogen-bond donors (Lipinski definition) is 2. The molecule has 0 aliphatic rings. The maximum absolute atomic E-state index is 13.5. The van der Waals surface area contributed by atoms with Crippen LogP contribution in [0.5, 0.6) is 0 Å². The van der Waals surface area contributed by atoms with Crippen molar-refractivity contribution in [1.29, 1.82) is 0 Å². The largest absolute Gasteiger partial charge is 0.774 e. The summed E-state index contributed by atoms with van der Waals surface area (Å²) in [5.74, 6) is -1.80. The van der Waals surface area contributed by atoms with Gasteiger partial charge in [-0.25, -0.2) is 0 Å². The molecule has 0 bridgehead atoms. The maximum Gasteiger partial charge on any atom is 0.306 e. The molecule has 10 nitrogen and oxygen atoms in total. The third kappa shape index (κ3) is 36.0. The van der Waals surface area contributed by atoms with Gasteiger partial charge in [-0.3, -0.25) is 9.59 Å². The molecule has 0 aromatic heterocycles. The third-order valence-corrected chi connectivity index (χ3v) is 13.6. The lowest BCUT2D eigenvalue weighted by Gasteiger charge is -2.44. The lowest BCUT2D eigenvalue weighted by atomic mass is 10.0. The molecule has 0 amide bonds. The first-order valence-corrected chi connectivity index (χ1v) is 26.1. The molecule has 2 N–H and O–H groups in total. The molecule has 0 aromatic rings. The van der Waals surface area contributed by atoms with Gasteiger partial charge in [0.25, 0.3) is 0 Å². The van der Waals surface area contributed by atoms with E-state index in [2.05, 4.69) is 26.0 Å². The molecule has 11 heteroatoms. The van der Waals surface area contributed by atoms with E-state index in [0.717, 1.165) is 57.8 Å². The fraction of sp³-hybridized carbons (Fsp3) is 0.917. The second kappa shape index (κ2) is 39.5. The minimum absolute atomic E-state index is 0.0130. The van der Waals surface area contributed by atoms with Gasteiger partial charge in [0, 0.05) is 25.7 Å². The van der Waals surface area contributed by atoms with Crippen LogP contribution in [0.3, 0.4) is 0 Å². The first-order chi connectivity index (χ1) is 28.4. The van der Waals surface area contributed by atoms with E-state index in [0.29, 0.717) is 19.3 Å². The lowest BCUT2D eigenvalue weighted by molar-refractivity contribution is -0.905. The second-order valence-electron chi connectivity index (χ2n) is 17.7. The average molecular weight is 860 g/mol. The highest BCUT2D eigenvalue weighted by atomic mass is 31.2. The standard InChI is InChI=1S/C48H94NO9P/c1-6-9-11-13-15-17-19-21-23-25-27-29-31-33-35-38-47(52)56-42-44(43-57-59(54,55)45(37-8-3)49(4,5)41-40-46(50)51)58-48(53)39-36-34-32-30-28-26-24-22-20-18-16-14-12-10-7-2/h22,24,44-46,50-51H,6-21,23,25-43H2,1-5H3/b24-22-/t44-,45?/m1/s1. The van der Waals surface area contributed by atoms with Crippen LogP contribution in [0.4, 0.5) is 0 Å². The topological polar surface area (TPSA) is 142 Å². The number of unbranched alkanes of at least 4 members (excludes halogenated alkanes) is 25. The Morgan fingerprint density at radius 1 is 0.576 bits per heavy atom. The summed E-state index contributed by atoms with van der Waals surface area (Å²) in [5.41, 5.74) is 0. The fourth-order valence-electron chi connectivity index (χ4n) is 7.62. The molecule has 0 rings (SSSR count). The summed E-state index contributed by atoms with van der Waals surface area (Å²) in [4.78, 5) is 39.1. The molecular formula is C48H94NO9P. The number of allylic oxidation sites excluding steroid dienone is 2. The summed E-state index contributed by atoms with van der Waals surface area (Å²) in [7, 11) is -1.07. The average Bonchev–Trinajstić information content (AvgIpc) is 3.20. The summed E-state index contributed by atoms with van der Waals surface area (Å²) in [6, 6.07) is 0. The molecule has 0 aromatic carbocycles. The predicted octanol–water partition coefficient (Wildman–Crippen LogP) is 12.2. The number of aliphatic hydroxyl groups is 2. The molecule has 0 spiro atoms. The van der Waals surface area contributed by atoms with E-state index in [4.69, 9.17) is 14.0 Å². The third-order valence-electron chi connectivity index (χ3n) is 11.5. The van der Waals surface area contributed by atoms with Crippen LogP contribution >= 0.6 is 7.60 Å². The van der Waals surface area contributed by atoms with Gasteiger partial charge in [0.2, 0.25) is 0 Å². The molecular weight excluding hydrogens is 766 g/mol. The van der Waals surface area contributed by atoms with Gasteiger partial charge in [-0.2, -0.15) is 0 Å². The van der Waals surface area contributed by atoms with Gasteiger partial charge in [-0.05, 0) is 44.9 Å². The number of nitrogens with zero attached hydrogens (tertiary/aromatic N) is 1. The molecule has 0 saturated carbocycles. The Bertz CT molecular complexity index is 1050.